The van der Waals surface area contributed by atoms with Crippen molar-refractivity contribution in [2.75, 3.05) is 38.3 Å². The second-order valence-corrected chi connectivity index (χ2v) is 8.77. The molecule has 0 radical (unpaired) electrons. The zero-order valence-electron chi connectivity index (χ0n) is 12.7. The highest BCUT2D eigenvalue weighted by atomic mass is 31.2. The van der Waals surface area contributed by atoms with Gasteiger partial charge in [-0.2, -0.15) is 0 Å². The molecule has 6 heteroatoms. The number of hydrogen-bond acceptors (Lipinski definition) is 5. The smallest absolute Gasteiger partial charge is 0.309 e. The average molecular weight is 308 g/mol. The normalized spacial score (nSPS) is 15.6. The third kappa shape index (κ3) is 8.72. The summed E-state index contributed by atoms with van der Waals surface area (Å²) in [6.45, 7) is 4.17. The number of carbonyl (C=O) groups is 1. The van der Waals surface area contributed by atoms with E-state index in [1.165, 1.54) is 0 Å². The Hall–Kier alpha value is -0.380. The van der Waals surface area contributed by atoms with Gasteiger partial charge in [-0.3, -0.25) is 4.79 Å². The first-order chi connectivity index (χ1) is 9.49. The van der Waals surface area contributed by atoms with Crippen molar-refractivity contribution in [1.82, 2.24) is 0 Å². The zero-order valence-corrected chi connectivity index (χ0v) is 13.6. The topological polar surface area (TPSA) is 83.8 Å². The summed E-state index contributed by atoms with van der Waals surface area (Å²) in [5.74, 6) is -0.664. The van der Waals surface area contributed by atoms with Gasteiger partial charge in [0.25, 0.3) is 0 Å². The minimum atomic E-state index is -2.34. The minimum absolute atomic E-state index is 0.100. The maximum atomic E-state index is 12.6. The largest absolute Gasteiger partial charge is 0.465 e. The van der Waals surface area contributed by atoms with E-state index in [0.717, 1.165) is 6.42 Å². The van der Waals surface area contributed by atoms with Crippen molar-refractivity contribution < 1.29 is 24.3 Å². The first-order valence-electron chi connectivity index (χ1n) is 7.44. The van der Waals surface area contributed by atoms with Crippen LogP contribution in [0.5, 0.6) is 0 Å². The third-order valence-electron chi connectivity index (χ3n) is 3.36. The van der Waals surface area contributed by atoms with Crippen LogP contribution in [-0.4, -0.2) is 54.5 Å². The van der Waals surface area contributed by atoms with Gasteiger partial charge in [0.05, 0.1) is 19.7 Å². The molecule has 0 fully saturated rings. The van der Waals surface area contributed by atoms with Gasteiger partial charge in [0.2, 0.25) is 0 Å². The number of aliphatic hydroxyl groups is 2. The van der Waals surface area contributed by atoms with E-state index in [1.807, 2.05) is 6.92 Å². The van der Waals surface area contributed by atoms with Crippen molar-refractivity contribution in [3.63, 3.8) is 0 Å². The van der Waals surface area contributed by atoms with Crippen molar-refractivity contribution in [1.29, 1.82) is 0 Å². The van der Waals surface area contributed by atoms with Gasteiger partial charge < -0.3 is 19.5 Å². The highest BCUT2D eigenvalue weighted by Gasteiger charge is 2.26. The molecule has 2 atom stereocenters. The van der Waals surface area contributed by atoms with Crippen LogP contribution in [0.25, 0.3) is 0 Å². The average Bonchev–Trinajstić information content (AvgIpc) is 2.43. The standard InChI is InChI=1S/C14H29O5P/c1-3-20(18,11-7-5-9-16)12-13(2)14(17)19-10-6-4-8-15/h13,15-16H,3-12H2,1-2H3. The van der Waals surface area contributed by atoms with Crippen LogP contribution in [0.1, 0.15) is 39.5 Å². The van der Waals surface area contributed by atoms with E-state index in [9.17, 15) is 9.36 Å². The lowest BCUT2D eigenvalue weighted by Crippen LogP contribution is -2.20. The molecule has 20 heavy (non-hydrogen) atoms. The Labute approximate surface area is 122 Å². The predicted molar refractivity (Wildman–Crippen MR) is 80.6 cm³/mol. The number of carbonyl (C=O) groups excluding carboxylic acids is 1. The van der Waals surface area contributed by atoms with Crippen LogP contribution in [0.15, 0.2) is 0 Å². The Morgan fingerprint density at radius 2 is 1.75 bits per heavy atom. The fraction of sp³-hybridized carbons (Fsp3) is 0.929. The van der Waals surface area contributed by atoms with Gasteiger partial charge in [0.1, 0.15) is 0 Å². The molecule has 0 aromatic rings. The molecule has 2 N–H and O–H groups in total. The van der Waals surface area contributed by atoms with Gasteiger partial charge >= 0.3 is 5.97 Å². The van der Waals surface area contributed by atoms with Gasteiger partial charge in [-0.25, -0.2) is 0 Å². The summed E-state index contributed by atoms with van der Waals surface area (Å²) >= 11 is 0. The molecule has 0 aliphatic heterocycles. The maximum Gasteiger partial charge on any atom is 0.309 e. The summed E-state index contributed by atoms with van der Waals surface area (Å²) in [6.07, 6.45) is 4.22. The van der Waals surface area contributed by atoms with Crippen LogP contribution in [0.2, 0.25) is 0 Å². The van der Waals surface area contributed by atoms with Crippen molar-refractivity contribution in [3.8, 4) is 0 Å². The highest BCUT2D eigenvalue weighted by Crippen LogP contribution is 2.47. The Morgan fingerprint density at radius 3 is 2.30 bits per heavy atom. The molecule has 0 bridgehead atoms. The monoisotopic (exact) mass is 308 g/mol. The molecule has 0 saturated heterocycles. The van der Waals surface area contributed by atoms with E-state index in [2.05, 4.69) is 0 Å². The molecule has 0 saturated carbocycles. The van der Waals surface area contributed by atoms with Crippen LogP contribution in [0.4, 0.5) is 0 Å². The molecule has 120 valence electrons. The molecule has 0 amide bonds. The van der Waals surface area contributed by atoms with Crippen molar-refractivity contribution in [2.45, 2.75) is 39.5 Å². The molecule has 2 unspecified atom stereocenters. The minimum Gasteiger partial charge on any atom is -0.465 e. The fourth-order valence-electron chi connectivity index (χ4n) is 1.99. The molecular formula is C14H29O5P. The molecule has 0 rings (SSSR count). The summed E-state index contributed by atoms with van der Waals surface area (Å²) < 4.78 is 17.7. The fourth-order valence-corrected chi connectivity index (χ4v) is 4.70. The van der Waals surface area contributed by atoms with Crippen LogP contribution in [-0.2, 0) is 14.1 Å². The van der Waals surface area contributed by atoms with Crippen molar-refractivity contribution >= 4 is 13.1 Å². The Morgan fingerprint density at radius 1 is 1.15 bits per heavy atom. The Kier molecular flexibility index (Phi) is 11.1. The molecule has 5 nitrogen and oxygen atoms in total. The lowest BCUT2D eigenvalue weighted by Gasteiger charge is -2.20. The Bertz CT molecular complexity index is 306. The van der Waals surface area contributed by atoms with Gasteiger partial charge in [0, 0.05) is 25.5 Å². The molecule has 0 aliphatic carbocycles. The molecule has 0 aromatic carbocycles. The van der Waals surface area contributed by atoms with Gasteiger partial charge in [0.15, 0.2) is 0 Å². The van der Waals surface area contributed by atoms with E-state index < -0.39 is 7.14 Å². The van der Waals surface area contributed by atoms with Crippen molar-refractivity contribution in [2.24, 2.45) is 5.92 Å². The summed E-state index contributed by atoms with van der Waals surface area (Å²) in [4.78, 5) is 11.8. The van der Waals surface area contributed by atoms with Crippen LogP contribution < -0.4 is 0 Å². The number of aliphatic hydroxyl groups excluding tert-OH is 2. The molecular weight excluding hydrogens is 279 g/mol. The van der Waals surface area contributed by atoms with E-state index in [-0.39, 0.29) is 25.1 Å². The number of unbranched alkanes of at least 4 members (excludes halogenated alkanes) is 2. The van der Waals surface area contributed by atoms with Gasteiger partial charge in [-0.05, 0) is 31.8 Å². The quantitative estimate of drug-likeness (QED) is 0.328. The predicted octanol–water partition coefficient (Wildman–Crippen LogP) is 2.09. The van der Waals surface area contributed by atoms with E-state index in [0.29, 0.717) is 44.4 Å². The van der Waals surface area contributed by atoms with E-state index in [1.54, 1.807) is 6.92 Å². The van der Waals surface area contributed by atoms with Crippen LogP contribution >= 0.6 is 7.14 Å². The number of rotatable bonds is 12. The third-order valence-corrected chi connectivity index (χ3v) is 6.85. The molecule has 0 aliphatic rings. The maximum absolute atomic E-state index is 12.6. The van der Waals surface area contributed by atoms with Crippen molar-refractivity contribution in [3.05, 3.63) is 0 Å². The lowest BCUT2D eigenvalue weighted by molar-refractivity contribution is -0.147. The first kappa shape index (κ1) is 19.6. The number of hydrogen-bond donors (Lipinski definition) is 2. The highest BCUT2D eigenvalue weighted by molar-refractivity contribution is 7.63. The van der Waals surface area contributed by atoms with Gasteiger partial charge in [-0.1, -0.05) is 13.8 Å². The summed E-state index contributed by atoms with van der Waals surface area (Å²) in [5.41, 5.74) is 0. The second kappa shape index (κ2) is 11.3. The van der Waals surface area contributed by atoms with E-state index >= 15 is 0 Å². The SMILES string of the molecule is CCP(=O)(CCCCO)CC(C)C(=O)OCCCCO. The summed E-state index contributed by atoms with van der Waals surface area (Å²) in [5, 5.41) is 17.4. The summed E-state index contributed by atoms with van der Waals surface area (Å²) in [7, 11) is -2.34. The van der Waals surface area contributed by atoms with E-state index in [4.69, 9.17) is 14.9 Å². The van der Waals surface area contributed by atoms with Gasteiger partial charge in [-0.15, -0.1) is 0 Å². The first-order valence-corrected chi connectivity index (χ1v) is 9.70. The zero-order chi connectivity index (χ0) is 15.4. The molecule has 0 spiro atoms. The number of ether oxygens (including phenoxy) is 1. The Balaban J connectivity index is 4.14. The van der Waals surface area contributed by atoms with Crippen LogP contribution in [0, 0.1) is 5.92 Å². The molecule has 0 heterocycles. The lowest BCUT2D eigenvalue weighted by atomic mass is 10.2. The number of esters is 1. The second-order valence-electron chi connectivity index (χ2n) is 5.21. The summed E-state index contributed by atoms with van der Waals surface area (Å²) in [6, 6.07) is 0. The van der Waals surface area contributed by atoms with Crippen LogP contribution in [0.3, 0.4) is 0 Å². The molecule has 0 aromatic heterocycles.